The summed E-state index contributed by atoms with van der Waals surface area (Å²) >= 11 is 0. The summed E-state index contributed by atoms with van der Waals surface area (Å²) in [5.41, 5.74) is 0.00982. The van der Waals surface area contributed by atoms with Crippen LogP contribution in [0.5, 0.6) is 5.75 Å². The van der Waals surface area contributed by atoms with E-state index in [1.165, 1.54) is 30.3 Å². The number of rotatable bonds is 5. The predicted molar refractivity (Wildman–Crippen MR) is 71.7 cm³/mol. The van der Waals surface area contributed by atoms with Crippen LogP contribution in [0.15, 0.2) is 42.6 Å². The zero-order chi connectivity index (χ0) is 15.2. The normalized spacial score (nSPS) is 9.95. The van der Waals surface area contributed by atoms with E-state index in [-0.39, 0.29) is 23.7 Å². The Kier molecular flexibility index (Phi) is 4.45. The highest BCUT2D eigenvalue weighted by Gasteiger charge is 2.08. The molecule has 0 saturated carbocycles. The van der Waals surface area contributed by atoms with Crippen molar-refractivity contribution < 1.29 is 23.8 Å². The summed E-state index contributed by atoms with van der Waals surface area (Å²) in [4.78, 5) is 26.0. The van der Waals surface area contributed by atoms with Crippen LogP contribution in [0.25, 0.3) is 0 Å². The number of pyridine rings is 1. The van der Waals surface area contributed by atoms with Gasteiger partial charge in [0.2, 0.25) is 0 Å². The first-order chi connectivity index (χ1) is 10.1. The number of carbonyl (C=O) groups excluding carboxylic acids is 1. The van der Waals surface area contributed by atoms with Crippen LogP contribution < -0.4 is 10.1 Å². The molecule has 1 amide bonds. The Hall–Kier alpha value is -2.96. The van der Waals surface area contributed by atoms with Crippen LogP contribution in [-0.4, -0.2) is 28.6 Å². The topological polar surface area (TPSA) is 88.5 Å². The number of aromatic carboxylic acids is 1. The minimum Gasteiger partial charge on any atom is -0.481 e. The first kappa shape index (κ1) is 14.4. The number of carbonyl (C=O) groups is 2. The Labute approximate surface area is 119 Å². The van der Waals surface area contributed by atoms with Crippen molar-refractivity contribution in [2.45, 2.75) is 0 Å². The molecule has 0 unspecified atom stereocenters. The van der Waals surface area contributed by atoms with E-state index in [0.29, 0.717) is 0 Å². The Bertz CT molecular complexity index is 658. The molecule has 1 aromatic carbocycles. The van der Waals surface area contributed by atoms with Gasteiger partial charge in [-0.3, -0.25) is 4.79 Å². The summed E-state index contributed by atoms with van der Waals surface area (Å²) in [5, 5.41) is 11.1. The number of para-hydroxylation sites is 1. The highest BCUT2D eigenvalue weighted by Crippen LogP contribution is 2.15. The van der Waals surface area contributed by atoms with Crippen molar-refractivity contribution in [2.24, 2.45) is 0 Å². The number of aromatic nitrogens is 1. The largest absolute Gasteiger partial charge is 0.481 e. The van der Waals surface area contributed by atoms with E-state index in [1.807, 2.05) is 0 Å². The fourth-order valence-electron chi connectivity index (χ4n) is 1.48. The van der Waals surface area contributed by atoms with Crippen molar-refractivity contribution in [1.82, 2.24) is 4.98 Å². The van der Waals surface area contributed by atoms with Crippen LogP contribution in [-0.2, 0) is 4.79 Å². The molecule has 2 N–H and O–H groups in total. The second kappa shape index (κ2) is 6.47. The summed E-state index contributed by atoms with van der Waals surface area (Å²) < 4.78 is 18.3. The number of amides is 1. The SMILES string of the molecule is O=C(COc1ccccc1F)Nc1ccc(C(=O)O)cn1. The molecule has 0 spiro atoms. The molecule has 2 rings (SSSR count). The van der Waals surface area contributed by atoms with E-state index in [9.17, 15) is 14.0 Å². The van der Waals surface area contributed by atoms with Gasteiger partial charge in [0.15, 0.2) is 18.2 Å². The first-order valence-electron chi connectivity index (χ1n) is 5.93. The Morgan fingerprint density at radius 2 is 2.00 bits per heavy atom. The van der Waals surface area contributed by atoms with E-state index < -0.39 is 17.7 Å². The van der Waals surface area contributed by atoms with Gasteiger partial charge in [0.25, 0.3) is 5.91 Å². The van der Waals surface area contributed by atoms with Gasteiger partial charge in [-0.15, -0.1) is 0 Å². The van der Waals surface area contributed by atoms with Crippen LogP contribution in [0.3, 0.4) is 0 Å². The smallest absolute Gasteiger partial charge is 0.337 e. The Morgan fingerprint density at radius 1 is 1.24 bits per heavy atom. The van der Waals surface area contributed by atoms with Gasteiger partial charge in [0.1, 0.15) is 5.82 Å². The number of nitrogens with zero attached hydrogens (tertiary/aromatic N) is 1. The van der Waals surface area contributed by atoms with E-state index >= 15 is 0 Å². The molecule has 7 heteroatoms. The molecule has 0 fully saturated rings. The highest BCUT2D eigenvalue weighted by molar-refractivity contribution is 5.92. The van der Waals surface area contributed by atoms with Crippen molar-refractivity contribution in [2.75, 3.05) is 11.9 Å². The molecule has 1 heterocycles. The average Bonchev–Trinajstić information content (AvgIpc) is 2.47. The zero-order valence-corrected chi connectivity index (χ0v) is 10.7. The molecule has 0 atom stereocenters. The standard InChI is InChI=1S/C14H11FN2O4/c15-10-3-1-2-4-11(10)21-8-13(18)17-12-6-5-9(7-16-12)14(19)20/h1-7H,8H2,(H,19,20)(H,16,17,18). The van der Waals surface area contributed by atoms with Crippen LogP contribution in [0.1, 0.15) is 10.4 Å². The van der Waals surface area contributed by atoms with Crippen molar-refractivity contribution in [3.05, 3.63) is 54.0 Å². The van der Waals surface area contributed by atoms with Gasteiger partial charge in [-0.1, -0.05) is 12.1 Å². The minimum atomic E-state index is -1.11. The second-order valence-corrected chi connectivity index (χ2v) is 4.00. The van der Waals surface area contributed by atoms with Crippen molar-refractivity contribution in [1.29, 1.82) is 0 Å². The molecule has 0 saturated heterocycles. The minimum absolute atomic E-state index is 0.00982. The quantitative estimate of drug-likeness (QED) is 0.878. The summed E-state index contributed by atoms with van der Waals surface area (Å²) in [6.07, 6.45) is 1.12. The summed E-state index contributed by atoms with van der Waals surface area (Å²) in [6.45, 7) is -0.386. The number of carboxylic acid groups (broad SMARTS) is 1. The second-order valence-electron chi connectivity index (χ2n) is 4.00. The van der Waals surface area contributed by atoms with Crippen molar-refractivity contribution in [3.63, 3.8) is 0 Å². The number of ether oxygens (including phenoxy) is 1. The number of halogens is 1. The van der Waals surface area contributed by atoms with Gasteiger partial charge in [0.05, 0.1) is 5.56 Å². The maximum absolute atomic E-state index is 13.3. The van der Waals surface area contributed by atoms with Gasteiger partial charge < -0.3 is 15.2 Å². The molecular weight excluding hydrogens is 279 g/mol. The van der Waals surface area contributed by atoms with E-state index in [1.54, 1.807) is 6.07 Å². The lowest BCUT2D eigenvalue weighted by molar-refractivity contribution is -0.118. The number of anilines is 1. The average molecular weight is 290 g/mol. The lowest BCUT2D eigenvalue weighted by atomic mass is 10.3. The van der Waals surface area contributed by atoms with Crippen molar-refractivity contribution >= 4 is 17.7 Å². The van der Waals surface area contributed by atoms with Gasteiger partial charge in [-0.2, -0.15) is 0 Å². The van der Waals surface area contributed by atoms with Crippen LogP contribution >= 0.6 is 0 Å². The molecule has 21 heavy (non-hydrogen) atoms. The van der Waals surface area contributed by atoms with Crippen LogP contribution in [0.4, 0.5) is 10.2 Å². The third-order valence-electron chi connectivity index (χ3n) is 2.47. The first-order valence-corrected chi connectivity index (χ1v) is 5.93. The lowest BCUT2D eigenvalue weighted by Crippen LogP contribution is -2.21. The Balaban J connectivity index is 1.90. The number of hydrogen-bond donors (Lipinski definition) is 2. The summed E-state index contributed by atoms with van der Waals surface area (Å²) in [7, 11) is 0. The third kappa shape index (κ3) is 4.00. The van der Waals surface area contributed by atoms with E-state index in [4.69, 9.17) is 9.84 Å². The number of nitrogens with one attached hydrogen (secondary N) is 1. The molecule has 0 aliphatic rings. The molecule has 2 aromatic rings. The molecule has 108 valence electrons. The van der Waals surface area contributed by atoms with E-state index in [2.05, 4.69) is 10.3 Å². The third-order valence-corrected chi connectivity index (χ3v) is 2.47. The van der Waals surface area contributed by atoms with Gasteiger partial charge in [-0.05, 0) is 24.3 Å². The van der Waals surface area contributed by atoms with Crippen LogP contribution in [0.2, 0.25) is 0 Å². The molecule has 0 bridgehead atoms. The predicted octanol–water partition coefficient (Wildman–Crippen LogP) is 1.94. The summed E-state index contributed by atoms with van der Waals surface area (Å²) in [6, 6.07) is 8.38. The molecule has 0 radical (unpaired) electrons. The monoisotopic (exact) mass is 290 g/mol. The molecular formula is C14H11FN2O4. The maximum Gasteiger partial charge on any atom is 0.337 e. The molecule has 0 aliphatic carbocycles. The van der Waals surface area contributed by atoms with E-state index in [0.717, 1.165) is 6.20 Å². The summed E-state index contributed by atoms with van der Waals surface area (Å²) in [5.74, 6) is -2.05. The van der Waals surface area contributed by atoms with Gasteiger partial charge in [-0.25, -0.2) is 14.2 Å². The molecule has 6 nitrogen and oxygen atoms in total. The van der Waals surface area contributed by atoms with Crippen LogP contribution in [0, 0.1) is 5.82 Å². The van der Waals surface area contributed by atoms with Gasteiger partial charge >= 0.3 is 5.97 Å². The maximum atomic E-state index is 13.3. The molecule has 1 aromatic heterocycles. The molecule has 0 aliphatic heterocycles. The lowest BCUT2D eigenvalue weighted by Gasteiger charge is -2.07. The van der Waals surface area contributed by atoms with Crippen molar-refractivity contribution in [3.8, 4) is 5.75 Å². The van der Waals surface area contributed by atoms with Gasteiger partial charge in [0, 0.05) is 6.20 Å². The number of carboxylic acids is 1. The zero-order valence-electron chi connectivity index (χ0n) is 10.7. The highest BCUT2D eigenvalue weighted by atomic mass is 19.1. The number of benzene rings is 1. The Morgan fingerprint density at radius 3 is 2.62 bits per heavy atom. The number of hydrogen-bond acceptors (Lipinski definition) is 4. The fourth-order valence-corrected chi connectivity index (χ4v) is 1.48. The fraction of sp³-hybridized carbons (Fsp3) is 0.0714.